The van der Waals surface area contributed by atoms with Gasteiger partial charge in [-0.15, -0.1) is 6.58 Å². The molecule has 0 spiro atoms. The minimum absolute atomic E-state index is 0.205. The summed E-state index contributed by atoms with van der Waals surface area (Å²) >= 11 is 0. The van der Waals surface area contributed by atoms with E-state index in [0.29, 0.717) is 12.0 Å². The lowest BCUT2D eigenvalue weighted by atomic mass is 10.00. The Kier molecular flexibility index (Phi) is 4.35. The highest BCUT2D eigenvalue weighted by Gasteiger charge is 2.10. The van der Waals surface area contributed by atoms with E-state index in [-0.39, 0.29) is 5.82 Å². The zero-order chi connectivity index (χ0) is 11.3. The van der Waals surface area contributed by atoms with E-state index in [1.807, 2.05) is 12.1 Å². The summed E-state index contributed by atoms with van der Waals surface area (Å²) in [6.45, 7) is 7.96. The molecule has 2 atom stereocenters. The molecule has 82 valence electrons. The fraction of sp³-hybridized carbons (Fsp3) is 0.385. The molecule has 0 bridgehead atoms. The molecule has 0 saturated heterocycles. The van der Waals surface area contributed by atoms with Gasteiger partial charge in [-0.05, 0) is 37.5 Å². The molecule has 0 aliphatic carbocycles. The van der Waals surface area contributed by atoms with Crippen molar-refractivity contribution < 1.29 is 4.39 Å². The van der Waals surface area contributed by atoms with E-state index in [9.17, 15) is 4.39 Å². The highest BCUT2D eigenvalue weighted by atomic mass is 19.1. The van der Waals surface area contributed by atoms with Crippen molar-refractivity contribution in [2.24, 2.45) is 5.92 Å². The van der Waals surface area contributed by atoms with Crippen molar-refractivity contribution >= 4 is 5.69 Å². The normalized spacial score (nSPS) is 14.3. The molecule has 0 saturated carbocycles. The first-order valence-electron chi connectivity index (χ1n) is 5.26. The van der Waals surface area contributed by atoms with Crippen LogP contribution in [0.3, 0.4) is 0 Å². The van der Waals surface area contributed by atoms with Crippen LogP contribution in [0, 0.1) is 11.7 Å². The number of hydrogen-bond donors (Lipinski definition) is 1. The summed E-state index contributed by atoms with van der Waals surface area (Å²) in [5.41, 5.74) is 0.832. The molecule has 0 aliphatic heterocycles. The zero-order valence-electron chi connectivity index (χ0n) is 9.33. The minimum atomic E-state index is -0.205. The van der Waals surface area contributed by atoms with Gasteiger partial charge in [0.1, 0.15) is 5.82 Å². The molecule has 0 aliphatic rings. The maximum Gasteiger partial charge on any atom is 0.125 e. The van der Waals surface area contributed by atoms with E-state index in [1.54, 1.807) is 6.07 Å². The monoisotopic (exact) mass is 207 g/mol. The smallest absolute Gasteiger partial charge is 0.125 e. The standard InChI is InChI=1S/C13H18FN/c1-4-6-10(2)11(3)15-13-8-5-7-12(14)9-13/h4-5,7-11,15H,1,6H2,2-3H3. The Morgan fingerprint density at radius 1 is 1.47 bits per heavy atom. The highest BCUT2D eigenvalue weighted by molar-refractivity contribution is 5.43. The van der Waals surface area contributed by atoms with Gasteiger partial charge in [-0.2, -0.15) is 0 Å². The quantitative estimate of drug-likeness (QED) is 0.723. The van der Waals surface area contributed by atoms with Crippen molar-refractivity contribution in [2.75, 3.05) is 5.32 Å². The van der Waals surface area contributed by atoms with Gasteiger partial charge in [0.15, 0.2) is 0 Å². The van der Waals surface area contributed by atoms with E-state index in [0.717, 1.165) is 12.1 Å². The average molecular weight is 207 g/mol. The summed E-state index contributed by atoms with van der Waals surface area (Å²) in [6.07, 6.45) is 2.87. The summed E-state index contributed by atoms with van der Waals surface area (Å²) in [4.78, 5) is 0. The summed E-state index contributed by atoms with van der Waals surface area (Å²) < 4.78 is 12.9. The van der Waals surface area contributed by atoms with E-state index in [2.05, 4.69) is 25.7 Å². The van der Waals surface area contributed by atoms with E-state index in [4.69, 9.17) is 0 Å². The van der Waals surface area contributed by atoms with E-state index < -0.39 is 0 Å². The van der Waals surface area contributed by atoms with Crippen molar-refractivity contribution in [1.29, 1.82) is 0 Å². The molecule has 1 N–H and O–H groups in total. The van der Waals surface area contributed by atoms with Crippen molar-refractivity contribution in [3.63, 3.8) is 0 Å². The fourth-order valence-electron chi connectivity index (χ4n) is 1.45. The third-order valence-electron chi connectivity index (χ3n) is 2.61. The minimum Gasteiger partial charge on any atom is -0.382 e. The Morgan fingerprint density at radius 3 is 2.80 bits per heavy atom. The van der Waals surface area contributed by atoms with Crippen LogP contribution in [0.1, 0.15) is 20.3 Å². The second-order valence-electron chi connectivity index (χ2n) is 3.95. The second kappa shape index (κ2) is 5.54. The lowest BCUT2D eigenvalue weighted by molar-refractivity contribution is 0.517. The van der Waals surface area contributed by atoms with Gasteiger partial charge >= 0.3 is 0 Å². The number of benzene rings is 1. The molecule has 2 heteroatoms. The van der Waals surface area contributed by atoms with Gasteiger partial charge in [-0.3, -0.25) is 0 Å². The van der Waals surface area contributed by atoms with E-state index >= 15 is 0 Å². The largest absolute Gasteiger partial charge is 0.382 e. The predicted molar refractivity (Wildman–Crippen MR) is 63.5 cm³/mol. The first-order chi connectivity index (χ1) is 7.13. The molecule has 0 aromatic heterocycles. The molecule has 15 heavy (non-hydrogen) atoms. The molecule has 1 aromatic rings. The van der Waals surface area contributed by atoms with Crippen molar-refractivity contribution in [1.82, 2.24) is 0 Å². The number of hydrogen-bond acceptors (Lipinski definition) is 1. The third kappa shape index (κ3) is 3.74. The first kappa shape index (κ1) is 11.8. The number of nitrogens with one attached hydrogen (secondary N) is 1. The van der Waals surface area contributed by atoms with Gasteiger partial charge in [0.05, 0.1) is 0 Å². The number of halogens is 1. The van der Waals surface area contributed by atoms with Crippen LogP contribution in [0.25, 0.3) is 0 Å². The van der Waals surface area contributed by atoms with Crippen LogP contribution < -0.4 is 5.32 Å². The molecule has 2 unspecified atom stereocenters. The molecule has 1 rings (SSSR count). The van der Waals surface area contributed by atoms with Crippen LogP contribution in [0.2, 0.25) is 0 Å². The van der Waals surface area contributed by atoms with Gasteiger partial charge < -0.3 is 5.32 Å². The number of rotatable bonds is 5. The molecule has 0 heterocycles. The van der Waals surface area contributed by atoms with Crippen LogP contribution in [0.15, 0.2) is 36.9 Å². The highest BCUT2D eigenvalue weighted by Crippen LogP contribution is 2.16. The van der Waals surface area contributed by atoms with Gasteiger partial charge in [0, 0.05) is 11.7 Å². The van der Waals surface area contributed by atoms with Gasteiger partial charge in [-0.1, -0.05) is 19.1 Å². The fourth-order valence-corrected chi connectivity index (χ4v) is 1.45. The molecule has 0 fully saturated rings. The number of allylic oxidation sites excluding steroid dienone is 1. The molecular weight excluding hydrogens is 189 g/mol. The van der Waals surface area contributed by atoms with Crippen molar-refractivity contribution in [3.8, 4) is 0 Å². The van der Waals surface area contributed by atoms with Crippen LogP contribution >= 0.6 is 0 Å². The van der Waals surface area contributed by atoms with Crippen LogP contribution in [0.4, 0.5) is 10.1 Å². The van der Waals surface area contributed by atoms with Crippen molar-refractivity contribution in [2.45, 2.75) is 26.3 Å². The maximum atomic E-state index is 12.9. The molecule has 0 amide bonds. The summed E-state index contributed by atoms with van der Waals surface area (Å²) in [5.74, 6) is 0.286. The van der Waals surface area contributed by atoms with Crippen molar-refractivity contribution in [3.05, 3.63) is 42.7 Å². The SMILES string of the molecule is C=CCC(C)C(C)Nc1cccc(F)c1. The zero-order valence-corrected chi connectivity index (χ0v) is 9.33. The van der Waals surface area contributed by atoms with Crippen LogP contribution in [-0.4, -0.2) is 6.04 Å². The Labute approximate surface area is 91.0 Å². The molecular formula is C13H18FN. The summed E-state index contributed by atoms with van der Waals surface area (Å²) in [5, 5.41) is 3.28. The maximum absolute atomic E-state index is 12.9. The Hall–Kier alpha value is -1.31. The van der Waals surface area contributed by atoms with Gasteiger partial charge in [0.25, 0.3) is 0 Å². The van der Waals surface area contributed by atoms with E-state index in [1.165, 1.54) is 12.1 Å². The lowest BCUT2D eigenvalue weighted by Gasteiger charge is -2.21. The summed E-state index contributed by atoms with van der Waals surface area (Å²) in [7, 11) is 0. The molecule has 0 radical (unpaired) electrons. The molecule has 1 aromatic carbocycles. The van der Waals surface area contributed by atoms with Gasteiger partial charge in [-0.25, -0.2) is 4.39 Å². The van der Waals surface area contributed by atoms with Crippen LogP contribution in [-0.2, 0) is 0 Å². The first-order valence-corrected chi connectivity index (χ1v) is 5.26. The lowest BCUT2D eigenvalue weighted by Crippen LogP contribution is -2.23. The molecule has 1 nitrogen and oxygen atoms in total. The predicted octanol–water partition coefficient (Wildman–Crippen LogP) is 3.84. The Bertz CT molecular complexity index is 322. The van der Waals surface area contributed by atoms with Gasteiger partial charge in [0.2, 0.25) is 0 Å². The number of anilines is 1. The average Bonchev–Trinajstić information content (AvgIpc) is 2.18. The summed E-state index contributed by atoms with van der Waals surface area (Å²) in [6, 6.07) is 6.85. The topological polar surface area (TPSA) is 12.0 Å². The third-order valence-corrected chi connectivity index (χ3v) is 2.61. The van der Waals surface area contributed by atoms with Crippen LogP contribution in [0.5, 0.6) is 0 Å². The second-order valence-corrected chi connectivity index (χ2v) is 3.95. The Morgan fingerprint density at radius 2 is 2.20 bits per heavy atom. The Balaban J connectivity index is 2.57.